The minimum Gasteiger partial charge on any atom is -0.506 e. The Kier molecular flexibility index (Phi) is 3.50. The summed E-state index contributed by atoms with van der Waals surface area (Å²) in [6.07, 6.45) is 0. The van der Waals surface area contributed by atoms with Crippen LogP contribution in [0.3, 0.4) is 0 Å². The summed E-state index contributed by atoms with van der Waals surface area (Å²) in [6, 6.07) is 19.9. The highest BCUT2D eigenvalue weighted by molar-refractivity contribution is 7.99. The summed E-state index contributed by atoms with van der Waals surface area (Å²) in [6.45, 7) is 2.09. The van der Waals surface area contributed by atoms with Crippen LogP contribution in [-0.2, 0) is 0 Å². The first-order chi connectivity index (χ1) is 11.3. The molecule has 0 unspecified atom stereocenters. The molecule has 2 nitrogen and oxygen atoms in total. The second-order valence-electron chi connectivity index (χ2n) is 5.38. The number of aromatic hydroxyl groups is 1. The molecule has 0 aliphatic carbocycles. The van der Waals surface area contributed by atoms with Gasteiger partial charge in [0, 0.05) is 21.7 Å². The molecule has 4 rings (SSSR count). The van der Waals surface area contributed by atoms with Gasteiger partial charge in [-0.05, 0) is 11.8 Å². The number of fused-ring (bicyclic) bond motifs is 3. The predicted molar refractivity (Wildman–Crippen MR) is 97.2 cm³/mol. The number of thioether (sulfide) groups is 1. The molecular weight excluding hydrogens is 304 g/mol. The van der Waals surface area contributed by atoms with Gasteiger partial charge in [-0.25, -0.2) is 0 Å². The summed E-state index contributed by atoms with van der Waals surface area (Å²) in [5.41, 5.74) is 1.88. The van der Waals surface area contributed by atoms with Crippen LogP contribution in [0.5, 0.6) is 5.75 Å². The lowest BCUT2D eigenvalue weighted by atomic mass is 10.1. The number of phenolic OH excluding ortho intramolecular Hbond substituents is 1. The Morgan fingerprint density at radius 3 is 2.35 bits per heavy atom. The van der Waals surface area contributed by atoms with Crippen LogP contribution >= 0.6 is 11.8 Å². The molecule has 0 aliphatic heterocycles. The Morgan fingerprint density at radius 2 is 1.61 bits per heavy atom. The Balaban J connectivity index is 2.09. The molecule has 0 spiro atoms. The lowest BCUT2D eigenvalue weighted by Gasteiger charge is -2.08. The van der Waals surface area contributed by atoms with Crippen LogP contribution in [0.15, 0.2) is 70.0 Å². The summed E-state index contributed by atoms with van der Waals surface area (Å²) in [5, 5.41) is 13.5. The first-order valence-electron chi connectivity index (χ1n) is 7.65. The van der Waals surface area contributed by atoms with Gasteiger partial charge in [0.1, 0.15) is 17.1 Å². The number of benzene rings is 3. The van der Waals surface area contributed by atoms with Crippen molar-refractivity contribution in [2.45, 2.75) is 11.8 Å². The number of rotatable bonds is 3. The third kappa shape index (κ3) is 2.28. The molecule has 0 radical (unpaired) electrons. The van der Waals surface area contributed by atoms with E-state index in [4.69, 9.17) is 4.42 Å². The molecule has 0 saturated heterocycles. The summed E-state index contributed by atoms with van der Waals surface area (Å²) in [5.74, 6) is 2.07. The molecule has 1 aromatic heterocycles. The van der Waals surface area contributed by atoms with Crippen molar-refractivity contribution in [3.63, 3.8) is 0 Å². The smallest absolute Gasteiger partial charge is 0.144 e. The highest BCUT2D eigenvalue weighted by Crippen LogP contribution is 2.45. The van der Waals surface area contributed by atoms with Crippen LogP contribution in [0.1, 0.15) is 6.92 Å². The minimum absolute atomic E-state index is 0.348. The van der Waals surface area contributed by atoms with Gasteiger partial charge in [-0.15, -0.1) is 11.8 Å². The van der Waals surface area contributed by atoms with Crippen molar-refractivity contribution in [3.05, 3.63) is 60.7 Å². The molecule has 3 heteroatoms. The molecule has 0 aliphatic rings. The maximum absolute atomic E-state index is 10.7. The minimum atomic E-state index is 0.348. The molecule has 1 N–H and O–H groups in total. The van der Waals surface area contributed by atoms with Crippen molar-refractivity contribution < 1.29 is 9.52 Å². The van der Waals surface area contributed by atoms with E-state index in [2.05, 4.69) is 6.92 Å². The molecule has 0 amide bonds. The molecule has 0 saturated carbocycles. The maximum atomic E-state index is 10.7. The van der Waals surface area contributed by atoms with Crippen molar-refractivity contribution in [1.82, 2.24) is 0 Å². The standard InChI is InChI=1S/C20H16O2S/c1-2-23-20-16-12-17(13-8-4-3-5-9-13)22-19(16)15-11-7-6-10-14(15)18(20)21/h3-12,21H,2H2,1H3. The van der Waals surface area contributed by atoms with E-state index in [9.17, 15) is 5.11 Å². The fourth-order valence-electron chi connectivity index (χ4n) is 2.93. The predicted octanol–water partition coefficient (Wildman–Crippen LogP) is 6.07. The van der Waals surface area contributed by atoms with E-state index >= 15 is 0 Å². The third-order valence-corrected chi connectivity index (χ3v) is 4.96. The highest BCUT2D eigenvalue weighted by atomic mass is 32.2. The van der Waals surface area contributed by atoms with E-state index in [-0.39, 0.29) is 0 Å². The van der Waals surface area contributed by atoms with Gasteiger partial charge in [-0.3, -0.25) is 0 Å². The van der Waals surface area contributed by atoms with Crippen LogP contribution in [0.4, 0.5) is 0 Å². The van der Waals surface area contributed by atoms with Gasteiger partial charge < -0.3 is 9.52 Å². The monoisotopic (exact) mass is 320 g/mol. The molecule has 0 bridgehead atoms. The largest absolute Gasteiger partial charge is 0.506 e. The van der Waals surface area contributed by atoms with Crippen LogP contribution in [0, 0.1) is 0 Å². The molecule has 0 fully saturated rings. The van der Waals surface area contributed by atoms with E-state index in [1.165, 1.54) is 0 Å². The zero-order valence-electron chi connectivity index (χ0n) is 12.7. The molecule has 4 aromatic rings. The molecule has 23 heavy (non-hydrogen) atoms. The van der Waals surface area contributed by atoms with Crippen molar-refractivity contribution in [1.29, 1.82) is 0 Å². The van der Waals surface area contributed by atoms with Crippen molar-refractivity contribution in [2.24, 2.45) is 0 Å². The summed E-state index contributed by atoms with van der Waals surface area (Å²) < 4.78 is 6.18. The van der Waals surface area contributed by atoms with Crippen molar-refractivity contribution in [2.75, 3.05) is 5.75 Å². The zero-order valence-corrected chi connectivity index (χ0v) is 13.6. The van der Waals surface area contributed by atoms with E-state index < -0.39 is 0 Å². The molecule has 114 valence electrons. The average Bonchev–Trinajstić information content (AvgIpc) is 3.05. The number of hydrogen-bond acceptors (Lipinski definition) is 3. The van der Waals surface area contributed by atoms with E-state index in [1.807, 2.05) is 60.7 Å². The number of furan rings is 1. The maximum Gasteiger partial charge on any atom is 0.144 e. The Labute approximate surface area is 138 Å². The van der Waals surface area contributed by atoms with Gasteiger partial charge in [0.2, 0.25) is 0 Å². The summed E-state index contributed by atoms with van der Waals surface area (Å²) in [7, 11) is 0. The molecule has 3 aromatic carbocycles. The van der Waals surface area contributed by atoms with E-state index in [1.54, 1.807) is 11.8 Å². The normalized spacial score (nSPS) is 11.3. The quantitative estimate of drug-likeness (QED) is 0.465. The van der Waals surface area contributed by atoms with Crippen LogP contribution in [0.25, 0.3) is 33.1 Å². The number of phenols is 1. The van der Waals surface area contributed by atoms with Gasteiger partial charge in [0.15, 0.2) is 0 Å². The van der Waals surface area contributed by atoms with Crippen LogP contribution in [-0.4, -0.2) is 10.9 Å². The topological polar surface area (TPSA) is 33.4 Å². The van der Waals surface area contributed by atoms with Crippen molar-refractivity contribution >= 4 is 33.5 Å². The summed E-state index contributed by atoms with van der Waals surface area (Å²) >= 11 is 1.64. The van der Waals surface area contributed by atoms with Crippen molar-refractivity contribution in [3.8, 4) is 17.1 Å². The lowest BCUT2D eigenvalue weighted by Crippen LogP contribution is -1.81. The zero-order chi connectivity index (χ0) is 15.8. The van der Waals surface area contributed by atoms with Gasteiger partial charge in [-0.2, -0.15) is 0 Å². The lowest BCUT2D eigenvalue weighted by molar-refractivity contribution is 0.470. The second kappa shape index (κ2) is 5.67. The van der Waals surface area contributed by atoms with Gasteiger partial charge >= 0.3 is 0 Å². The fourth-order valence-corrected chi connectivity index (χ4v) is 3.77. The van der Waals surface area contributed by atoms with Gasteiger partial charge in [-0.1, -0.05) is 61.5 Å². The Bertz CT molecular complexity index is 987. The SMILES string of the molecule is CCSc1c(O)c2ccccc2c2oc(-c3ccccc3)cc12. The molecule has 0 atom stereocenters. The second-order valence-corrected chi connectivity index (χ2v) is 6.65. The Hall–Kier alpha value is -2.39. The van der Waals surface area contributed by atoms with Crippen LogP contribution in [0.2, 0.25) is 0 Å². The molecular formula is C20H16O2S. The fraction of sp³-hybridized carbons (Fsp3) is 0.100. The van der Waals surface area contributed by atoms with Gasteiger partial charge in [0.05, 0.1) is 4.90 Å². The average molecular weight is 320 g/mol. The summed E-state index contributed by atoms with van der Waals surface area (Å²) in [4.78, 5) is 0.895. The first kappa shape index (κ1) is 14.2. The first-order valence-corrected chi connectivity index (χ1v) is 8.63. The number of hydrogen-bond donors (Lipinski definition) is 1. The molecule has 1 heterocycles. The van der Waals surface area contributed by atoms with Gasteiger partial charge in [0.25, 0.3) is 0 Å². The Morgan fingerprint density at radius 1 is 0.913 bits per heavy atom. The third-order valence-electron chi connectivity index (χ3n) is 3.97. The highest BCUT2D eigenvalue weighted by Gasteiger charge is 2.18. The van der Waals surface area contributed by atoms with Crippen LogP contribution < -0.4 is 0 Å². The van der Waals surface area contributed by atoms with E-state index in [0.29, 0.717) is 5.75 Å². The van der Waals surface area contributed by atoms with E-state index in [0.717, 1.165) is 43.7 Å².